The molecule has 1 aromatic rings. The normalized spacial score (nSPS) is 23.0. The van der Waals surface area contributed by atoms with Crippen molar-refractivity contribution >= 4 is 23.4 Å². The Morgan fingerprint density at radius 2 is 1.68 bits per heavy atom. The van der Waals surface area contributed by atoms with Crippen molar-refractivity contribution in [1.29, 1.82) is 0 Å². The van der Waals surface area contributed by atoms with Gasteiger partial charge in [-0.2, -0.15) is 0 Å². The molecule has 0 unspecified atom stereocenters. The van der Waals surface area contributed by atoms with Gasteiger partial charge < -0.3 is 5.11 Å². The van der Waals surface area contributed by atoms with Crippen LogP contribution in [0.3, 0.4) is 0 Å². The summed E-state index contributed by atoms with van der Waals surface area (Å²) in [5.41, 5.74) is 1.25. The zero-order chi connectivity index (χ0) is 13.8. The molecule has 0 bridgehead atoms. The summed E-state index contributed by atoms with van der Waals surface area (Å²) < 4.78 is 0. The fourth-order valence-corrected chi connectivity index (χ4v) is 2.88. The number of carboxylic acid groups (broad SMARTS) is 1. The minimum atomic E-state index is -1.29. The van der Waals surface area contributed by atoms with Gasteiger partial charge in [-0.3, -0.25) is 4.79 Å². The summed E-state index contributed by atoms with van der Waals surface area (Å²) >= 11 is 5.84. The minimum absolute atomic E-state index is 0.279. The highest BCUT2D eigenvalue weighted by Gasteiger charge is 2.29. The minimum Gasteiger partial charge on any atom is -0.475 e. The van der Waals surface area contributed by atoms with Crippen molar-refractivity contribution in [3.05, 3.63) is 34.9 Å². The molecule has 1 aliphatic rings. The van der Waals surface area contributed by atoms with Gasteiger partial charge in [-0.25, -0.2) is 4.79 Å². The van der Waals surface area contributed by atoms with Gasteiger partial charge in [0.2, 0.25) is 5.78 Å². The van der Waals surface area contributed by atoms with Gasteiger partial charge in [0.05, 0.1) is 0 Å². The van der Waals surface area contributed by atoms with E-state index in [0.717, 1.165) is 24.3 Å². The molecule has 1 aliphatic carbocycles. The van der Waals surface area contributed by atoms with Crippen molar-refractivity contribution in [3.8, 4) is 0 Å². The quantitative estimate of drug-likeness (QED) is 0.861. The van der Waals surface area contributed by atoms with E-state index >= 15 is 0 Å². The summed E-state index contributed by atoms with van der Waals surface area (Å²) in [6.45, 7) is 0. The van der Waals surface area contributed by atoms with Gasteiger partial charge in [0.1, 0.15) is 0 Å². The Labute approximate surface area is 117 Å². The van der Waals surface area contributed by atoms with E-state index in [2.05, 4.69) is 0 Å². The number of carbonyl (C=O) groups is 2. The summed E-state index contributed by atoms with van der Waals surface area (Å²) in [4.78, 5) is 22.0. The molecule has 1 fully saturated rings. The Bertz CT molecular complexity index is 459. The van der Waals surface area contributed by atoms with Crippen LogP contribution in [-0.4, -0.2) is 16.9 Å². The van der Waals surface area contributed by atoms with Gasteiger partial charge in [-0.15, -0.1) is 0 Å². The van der Waals surface area contributed by atoms with E-state index in [1.807, 2.05) is 24.3 Å². The van der Waals surface area contributed by atoms with Crippen LogP contribution in [-0.2, 0) is 16.0 Å². The lowest BCUT2D eigenvalue weighted by molar-refractivity contribution is -0.151. The van der Waals surface area contributed by atoms with Crippen LogP contribution in [0.2, 0.25) is 5.02 Å². The summed E-state index contributed by atoms with van der Waals surface area (Å²) in [5.74, 6) is -1.65. The summed E-state index contributed by atoms with van der Waals surface area (Å²) in [7, 11) is 0. The number of Topliss-reactive ketones (excluding diaryl/α,β-unsaturated/α-hetero) is 1. The Balaban J connectivity index is 1.85. The molecule has 0 aliphatic heterocycles. The van der Waals surface area contributed by atoms with Crippen LogP contribution in [0, 0.1) is 11.8 Å². The average molecular weight is 281 g/mol. The lowest BCUT2D eigenvalue weighted by Gasteiger charge is -2.26. The summed E-state index contributed by atoms with van der Waals surface area (Å²) in [6.07, 6.45) is 4.22. The molecule has 102 valence electrons. The third-order valence-electron chi connectivity index (χ3n) is 3.87. The fourth-order valence-electron chi connectivity index (χ4n) is 2.76. The molecule has 4 heteroatoms. The monoisotopic (exact) mass is 280 g/mol. The van der Waals surface area contributed by atoms with Crippen LogP contribution >= 0.6 is 11.6 Å². The molecule has 1 N–H and O–H groups in total. The third kappa shape index (κ3) is 3.80. The molecule has 3 nitrogen and oxygen atoms in total. The lowest BCUT2D eigenvalue weighted by atomic mass is 9.78. The topological polar surface area (TPSA) is 54.4 Å². The number of ketones is 1. The second-order valence-electron chi connectivity index (χ2n) is 5.22. The Morgan fingerprint density at radius 1 is 1.11 bits per heavy atom. The first kappa shape index (κ1) is 14.1. The average Bonchev–Trinajstić information content (AvgIpc) is 2.41. The van der Waals surface area contributed by atoms with Crippen molar-refractivity contribution < 1.29 is 14.7 Å². The number of rotatable bonds is 4. The van der Waals surface area contributed by atoms with E-state index in [4.69, 9.17) is 16.7 Å². The Hall–Kier alpha value is -1.35. The first-order chi connectivity index (χ1) is 9.06. The maximum Gasteiger partial charge on any atom is 0.372 e. The molecule has 1 aromatic carbocycles. The first-order valence-corrected chi connectivity index (χ1v) is 6.95. The Kier molecular flexibility index (Phi) is 4.59. The van der Waals surface area contributed by atoms with Crippen molar-refractivity contribution in [1.82, 2.24) is 0 Å². The highest BCUT2D eigenvalue weighted by Crippen LogP contribution is 2.31. The molecule has 0 radical (unpaired) electrons. The molecule has 0 atom stereocenters. The molecule has 0 saturated heterocycles. The number of hydrogen-bond acceptors (Lipinski definition) is 2. The van der Waals surface area contributed by atoms with E-state index in [0.29, 0.717) is 18.8 Å². The lowest BCUT2D eigenvalue weighted by Crippen LogP contribution is -2.28. The van der Waals surface area contributed by atoms with Crippen LogP contribution in [0.5, 0.6) is 0 Å². The van der Waals surface area contributed by atoms with Gasteiger partial charge in [0, 0.05) is 10.9 Å². The second-order valence-corrected chi connectivity index (χ2v) is 5.65. The number of carbonyl (C=O) groups excluding carboxylic acids is 1. The van der Waals surface area contributed by atoms with Crippen LogP contribution in [0.25, 0.3) is 0 Å². The molecule has 0 spiro atoms. The molecule has 2 rings (SSSR count). The zero-order valence-corrected chi connectivity index (χ0v) is 11.4. The summed E-state index contributed by atoms with van der Waals surface area (Å²) in [5, 5.41) is 9.43. The van der Waals surface area contributed by atoms with E-state index in [-0.39, 0.29) is 5.92 Å². The number of aliphatic carboxylic acids is 1. The molecule has 0 heterocycles. The first-order valence-electron chi connectivity index (χ1n) is 6.58. The van der Waals surface area contributed by atoms with Crippen LogP contribution in [0.15, 0.2) is 24.3 Å². The predicted octanol–water partition coefficient (Wildman–Crippen LogP) is 3.34. The number of halogens is 1. The van der Waals surface area contributed by atoms with E-state index in [1.54, 1.807) is 0 Å². The highest BCUT2D eigenvalue weighted by atomic mass is 35.5. The van der Waals surface area contributed by atoms with Crippen molar-refractivity contribution in [2.45, 2.75) is 32.1 Å². The van der Waals surface area contributed by atoms with Gasteiger partial charge in [0.15, 0.2) is 0 Å². The fraction of sp³-hybridized carbons (Fsp3) is 0.467. The van der Waals surface area contributed by atoms with Gasteiger partial charge >= 0.3 is 5.97 Å². The number of hydrogen-bond donors (Lipinski definition) is 1. The zero-order valence-electron chi connectivity index (χ0n) is 10.6. The third-order valence-corrected chi connectivity index (χ3v) is 4.12. The van der Waals surface area contributed by atoms with Crippen LogP contribution in [0.4, 0.5) is 0 Å². The number of benzene rings is 1. The van der Waals surface area contributed by atoms with Gasteiger partial charge in [-0.05, 0) is 55.7 Å². The van der Waals surface area contributed by atoms with E-state index < -0.39 is 11.8 Å². The van der Waals surface area contributed by atoms with Crippen LogP contribution < -0.4 is 0 Å². The van der Waals surface area contributed by atoms with Crippen molar-refractivity contribution in [2.75, 3.05) is 0 Å². The van der Waals surface area contributed by atoms with E-state index in [9.17, 15) is 9.59 Å². The number of carboxylic acids is 1. The molecule has 19 heavy (non-hydrogen) atoms. The Morgan fingerprint density at radius 3 is 2.21 bits per heavy atom. The maximum absolute atomic E-state index is 11.4. The predicted molar refractivity (Wildman–Crippen MR) is 73.2 cm³/mol. The van der Waals surface area contributed by atoms with Crippen LogP contribution in [0.1, 0.15) is 31.2 Å². The molecular weight excluding hydrogens is 264 g/mol. The molecule has 1 saturated carbocycles. The largest absolute Gasteiger partial charge is 0.475 e. The van der Waals surface area contributed by atoms with Crippen molar-refractivity contribution in [3.63, 3.8) is 0 Å². The smallest absolute Gasteiger partial charge is 0.372 e. The molecule has 0 aromatic heterocycles. The van der Waals surface area contributed by atoms with Crippen molar-refractivity contribution in [2.24, 2.45) is 11.8 Å². The standard InChI is InChI=1S/C15H17ClO3/c16-13-7-3-11(4-8-13)9-10-1-5-12(6-2-10)14(17)15(18)19/h3-4,7-8,10,12H,1-2,5-6,9H2,(H,18,19). The SMILES string of the molecule is O=C(O)C(=O)C1CCC(Cc2ccc(Cl)cc2)CC1. The van der Waals surface area contributed by atoms with Gasteiger partial charge in [-0.1, -0.05) is 23.7 Å². The maximum atomic E-state index is 11.4. The van der Waals surface area contributed by atoms with E-state index in [1.165, 1.54) is 5.56 Å². The molecular formula is C15H17ClO3. The second kappa shape index (κ2) is 6.20. The van der Waals surface area contributed by atoms with Gasteiger partial charge in [0.25, 0.3) is 0 Å². The summed E-state index contributed by atoms with van der Waals surface area (Å²) in [6, 6.07) is 7.82. The molecule has 0 amide bonds. The highest BCUT2D eigenvalue weighted by molar-refractivity contribution is 6.33.